The summed E-state index contributed by atoms with van der Waals surface area (Å²) in [4.78, 5) is 16.6. The first kappa shape index (κ1) is 12.8. The molecule has 1 saturated carbocycles. The first-order valence-electron chi connectivity index (χ1n) is 6.40. The minimum absolute atomic E-state index is 0.288. The van der Waals surface area contributed by atoms with Gasteiger partial charge < -0.3 is 0 Å². The standard InChI is InChI=1S/C14H21NOS/c1-10(2)8-15(12-5-6-12)9-13(16)14-7-4-11(3)17-14/h4,7,10,12H,5-6,8-9H2,1-3H3. The molecular weight excluding hydrogens is 230 g/mol. The number of hydrogen-bond acceptors (Lipinski definition) is 3. The highest BCUT2D eigenvalue weighted by atomic mass is 32.1. The van der Waals surface area contributed by atoms with Crippen LogP contribution in [0.5, 0.6) is 0 Å². The Labute approximate surface area is 108 Å². The second-order valence-electron chi connectivity index (χ2n) is 5.39. The van der Waals surface area contributed by atoms with Crippen molar-refractivity contribution in [3.8, 4) is 0 Å². The van der Waals surface area contributed by atoms with Gasteiger partial charge in [0.05, 0.1) is 11.4 Å². The lowest BCUT2D eigenvalue weighted by molar-refractivity contribution is 0.0919. The Morgan fingerprint density at radius 3 is 2.65 bits per heavy atom. The zero-order valence-electron chi connectivity index (χ0n) is 10.9. The van der Waals surface area contributed by atoms with Gasteiger partial charge in [-0.3, -0.25) is 9.69 Å². The minimum atomic E-state index is 0.288. The van der Waals surface area contributed by atoms with Gasteiger partial charge in [0, 0.05) is 17.5 Å². The molecule has 0 aliphatic heterocycles. The van der Waals surface area contributed by atoms with Crippen molar-refractivity contribution in [2.75, 3.05) is 13.1 Å². The van der Waals surface area contributed by atoms with Crippen LogP contribution in [0.15, 0.2) is 12.1 Å². The van der Waals surface area contributed by atoms with Crippen molar-refractivity contribution in [1.29, 1.82) is 0 Å². The molecule has 1 aliphatic carbocycles. The van der Waals surface area contributed by atoms with E-state index in [-0.39, 0.29) is 5.78 Å². The van der Waals surface area contributed by atoms with Gasteiger partial charge in [0.2, 0.25) is 0 Å². The monoisotopic (exact) mass is 251 g/mol. The molecule has 0 spiro atoms. The van der Waals surface area contributed by atoms with Crippen LogP contribution < -0.4 is 0 Å². The average Bonchev–Trinajstić information content (AvgIpc) is 2.99. The fourth-order valence-electron chi connectivity index (χ4n) is 2.10. The molecule has 0 radical (unpaired) electrons. The summed E-state index contributed by atoms with van der Waals surface area (Å²) < 4.78 is 0. The molecule has 0 atom stereocenters. The van der Waals surface area contributed by atoms with Crippen LogP contribution in [0.3, 0.4) is 0 Å². The number of rotatable bonds is 6. The van der Waals surface area contributed by atoms with Crippen molar-refractivity contribution in [3.05, 3.63) is 21.9 Å². The molecule has 94 valence electrons. The van der Waals surface area contributed by atoms with Crippen LogP contribution in [-0.2, 0) is 0 Å². The van der Waals surface area contributed by atoms with Crippen molar-refractivity contribution in [2.45, 2.75) is 39.7 Å². The predicted octanol–water partition coefficient (Wildman–Crippen LogP) is 3.36. The molecule has 1 aromatic heterocycles. The van der Waals surface area contributed by atoms with E-state index in [4.69, 9.17) is 0 Å². The maximum atomic E-state index is 12.2. The highest BCUT2D eigenvalue weighted by molar-refractivity contribution is 7.14. The van der Waals surface area contributed by atoms with Crippen molar-refractivity contribution in [1.82, 2.24) is 4.90 Å². The average molecular weight is 251 g/mol. The molecule has 1 aromatic rings. The summed E-state index contributed by atoms with van der Waals surface area (Å²) in [6, 6.07) is 4.66. The first-order chi connectivity index (χ1) is 8.06. The SMILES string of the molecule is Cc1ccc(C(=O)CN(CC(C)C)C2CC2)s1. The van der Waals surface area contributed by atoms with Crippen LogP contribution >= 0.6 is 11.3 Å². The summed E-state index contributed by atoms with van der Waals surface area (Å²) in [5, 5.41) is 0. The number of ketones is 1. The molecule has 0 saturated heterocycles. The number of carbonyl (C=O) groups is 1. The Bertz CT molecular complexity index is 393. The Balaban J connectivity index is 1.95. The lowest BCUT2D eigenvalue weighted by atomic mass is 10.2. The number of Topliss-reactive ketones (excluding diaryl/α,β-unsaturated/α-hetero) is 1. The third-order valence-electron chi connectivity index (χ3n) is 3.02. The topological polar surface area (TPSA) is 20.3 Å². The highest BCUT2D eigenvalue weighted by Crippen LogP contribution is 2.28. The van der Waals surface area contributed by atoms with E-state index >= 15 is 0 Å². The third-order valence-corrected chi connectivity index (χ3v) is 4.07. The van der Waals surface area contributed by atoms with Gasteiger partial charge in [0.25, 0.3) is 0 Å². The predicted molar refractivity (Wildman–Crippen MR) is 72.8 cm³/mol. The van der Waals surface area contributed by atoms with E-state index in [1.165, 1.54) is 17.7 Å². The van der Waals surface area contributed by atoms with Gasteiger partial charge in [-0.25, -0.2) is 0 Å². The van der Waals surface area contributed by atoms with E-state index in [9.17, 15) is 4.79 Å². The van der Waals surface area contributed by atoms with Gasteiger partial charge in [-0.05, 0) is 37.8 Å². The zero-order chi connectivity index (χ0) is 12.4. The maximum Gasteiger partial charge on any atom is 0.186 e. The number of hydrogen-bond donors (Lipinski definition) is 0. The summed E-state index contributed by atoms with van der Waals surface area (Å²) >= 11 is 1.61. The molecule has 0 bridgehead atoms. The van der Waals surface area contributed by atoms with Crippen LogP contribution in [0.1, 0.15) is 41.2 Å². The normalized spacial score (nSPS) is 15.8. The van der Waals surface area contributed by atoms with E-state index in [0.717, 1.165) is 11.4 Å². The van der Waals surface area contributed by atoms with Crippen molar-refractivity contribution in [2.24, 2.45) is 5.92 Å². The molecule has 3 heteroatoms. The van der Waals surface area contributed by atoms with Crippen LogP contribution in [-0.4, -0.2) is 29.8 Å². The Morgan fingerprint density at radius 2 is 2.18 bits per heavy atom. The fraction of sp³-hybridized carbons (Fsp3) is 0.643. The third kappa shape index (κ3) is 3.65. The molecule has 1 fully saturated rings. The zero-order valence-corrected chi connectivity index (χ0v) is 11.7. The van der Waals surface area contributed by atoms with Crippen molar-refractivity contribution >= 4 is 17.1 Å². The van der Waals surface area contributed by atoms with Gasteiger partial charge in [-0.15, -0.1) is 11.3 Å². The van der Waals surface area contributed by atoms with Crippen LogP contribution in [0.25, 0.3) is 0 Å². The van der Waals surface area contributed by atoms with E-state index in [2.05, 4.69) is 18.7 Å². The van der Waals surface area contributed by atoms with Gasteiger partial charge in [-0.2, -0.15) is 0 Å². The summed E-state index contributed by atoms with van der Waals surface area (Å²) in [7, 11) is 0. The van der Waals surface area contributed by atoms with Crippen LogP contribution in [0.2, 0.25) is 0 Å². The van der Waals surface area contributed by atoms with E-state index in [0.29, 0.717) is 18.5 Å². The molecule has 2 nitrogen and oxygen atoms in total. The van der Waals surface area contributed by atoms with Gasteiger partial charge >= 0.3 is 0 Å². The fourth-order valence-corrected chi connectivity index (χ4v) is 2.90. The molecule has 0 N–H and O–H groups in total. The smallest absolute Gasteiger partial charge is 0.186 e. The van der Waals surface area contributed by atoms with Crippen LogP contribution in [0.4, 0.5) is 0 Å². The summed E-state index contributed by atoms with van der Waals surface area (Å²) in [6.45, 7) is 8.13. The number of thiophene rings is 1. The molecule has 1 aliphatic rings. The van der Waals surface area contributed by atoms with E-state index in [1.807, 2.05) is 19.1 Å². The Kier molecular flexibility index (Phi) is 4.00. The summed E-state index contributed by atoms with van der Waals surface area (Å²) in [6.07, 6.45) is 2.53. The Hall–Kier alpha value is -0.670. The molecule has 0 aromatic carbocycles. The molecule has 2 rings (SSSR count). The van der Waals surface area contributed by atoms with Gasteiger partial charge in [0.15, 0.2) is 5.78 Å². The molecule has 17 heavy (non-hydrogen) atoms. The van der Waals surface area contributed by atoms with Crippen molar-refractivity contribution in [3.63, 3.8) is 0 Å². The molecule has 1 heterocycles. The quantitative estimate of drug-likeness (QED) is 0.723. The minimum Gasteiger partial charge on any atom is -0.293 e. The lowest BCUT2D eigenvalue weighted by Crippen LogP contribution is -2.34. The molecular formula is C14H21NOS. The summed E-state index contributed by atoms with van der Waals surface area (Å²) in [5.74, 6) is 0.920. The number of nitrogens with zero attached hydrogens (tertiary/aromatic N) is 1. The first-order valence-corrected chi connectivity index (χ1v) is 7.21. The number of aryl methyl sites for hydroxylation is 1. The lowest BCUT2D eigenvalue weighted by Gasteiger charge is -2.22. The van der Waals surface area contributed by atoms with Gasteiger partial charge in [0.1, 0.15) is 0 Å². The van der Waals surface area contributed by atoms with Crippen LogP contribution in [0, 0.1) is 12.8 Å². The highest BCUT2D eigenvalue weighted by Gasteiger charge is 2.30. The maximum absolute atomic E-state index is 12.2. The van der Waals surface area contributed by atoms with Crippen molar-refractivity contribution < 1.29 is 4.79 Å². The number of carbonyl (C=O) groups excluding carboxylic acids is 1. The van der Waals surface area contributed by atoms with E-state index < -0.39 is 0 Å². The Morgan fingerprint density at radius 1 is 1.47 bits per heavy atom. The van der Waals surface area contributed by atoms with Gasteiger partial charge in [-0.1, -0.05) is 13.8 Å². The molecule has 0 unspecified atom stereocenters. The molecule has 0 amide bonds. The second kappa shape index (κ2) is 5.32. The largest absolute Gasteiger partial charge is 0.293 e. The summed E-state index contributed by atoms with van der Waals surface area (Å²) in [5.41, 5.74) is 0. The second-order valence-corrected chi connectivity index (χ2v) is 6.68. The van der Waals surface area contributed by atoms with E-state index in [1.54, 1.807) is 11.3 Å².